The monoisotopic (exact) mass is 170 g/mol. The van der Waals surface area contributed by atoms with Crippen LogP contribution in [0.15, 0.2) is 24.3 Å². The first-order chi connectivity index (χ1) is 5.34. The molecule has 0 aromatic heterocycles. The Morgan fingerprint density at radius 3 is 2.27 bits per heavy atom. The van der Waals surface area contributed by atoms with Crippen molar-refractivity contribution < 1.29 is 9.90 Å². The summed E-state index contributed by atoms with van der Waals surface area (Å²) in [6, 6.07) is 6.40. The summed E-state index contributed by atoms with van der Waals surface area (Å²) in [5.74, 6) is 0.0347. The minimum atomic E-state index is 0.0347. The summed E-state index contributed by atoms with van der Waals surface area (Å²) < 4.78 is 0. The van der Waals surface area contributed by atoms with Gasteiger partial charge in [-0.1, -0.05) is 12.1 Å². The van der Waals surface area contributed by atoms with Crippen molar-refractivity contribution in [3.8, 4) is 5.75 Å². The zero-order valence-corrected chi connectivity index (χ0v) is 7.08. The normalized spacial score (nSPS) is 7.82. The zero-order valence-electron chi connectivity index (χ0n) is 6.19. The fraction of sp³-hybridized carbons (Fsp3) is 0.125. The average Bonchev–Trinajstić information content (AvgIpc) is 2.09. The number of aromatic hydroxyl groups is 1. The molecule has 1 aromatic carbocycles. The van der Waals surface area contributed by atoms with Crippen molar-refractivity contribution in [1.82, 2.24) is 0 Å². The van der Waals surface area contributed by atoms with E-state index in [4.69, 9.17) is 5.11 Å². The predicted octanol–water partition coefficient (Wildman–Crippen LogP) is 1.75. The number of carbonyl (C=O) groups is 1. The standard InChI is InChI=1S/C7H6O2.CH4S/c8-5-6-3-1-2-4-7(6)9;1-2/h1-5,9H;2H,1H3. The van der Waals surface area contributed by atoms with E-state index in [0.717, 1.165) is 0 Å². The highest BCUT2D eigenvalue weighted by molar-refractivity contribution is 7.79. The predicted molar refractivity (Wildman–Crippen MR) is 48.4 cm³/mol. The van der Waals surface area contributed by atoms with Crippen molar-refractivity contribution in [2.24, 2.45) is 0 Å². The van der Waals surface area contributed by atoms with Gasteiger partial charge in [0.1, 0.15) is 5.75 Å². The lowest BCUT2D eigenvalue weighted by atomic mass is 10.2. The van der Waals surface area contributed by atoms with Gasteiger partial charge in [-0.15, -0.1) is 0 Å². The number of phenolic OH excluding ortho intramolecular Hbond substituents is 1. The molecule has 1 rings (SSSR count). The molecule has 0 aliphatic heterocycles. The third kappa shape index (κ3) is 3.09. The molecule has 0 radical (unpaired) electrons. The van der Waals surface area contributed by atoms with Crippen molar-refractivity contribution >= 4 is 18.9 Å². The SMILES string of the molecule is CS.O=Cc1ccccc1O. The molecule has 0 bridgehead atoms. The first kappa shape index (κ1) is 10.0. The number of carbonyl (C=O) groups excluding carboxylic acids is 1. The van der Waals surface area contributed by atoms with Gasteiger partial charge in [0.25, 0.3) is 0 Å². The van der Waals surface area contributed by atoms with E-state index < -0.39 is 0 Å². The second kappa shape index (κ2) is 5.80. The van der Waals surface area contributed by atoms with Gasteiger partial charge in [0.2, 0.25) is 0 Å². The molecule has 0 spiro atoms. The highest BCUT2D eigenvalue weighted by Gasteiger charge is 1.93. The number of rotatable bonds is 1. The maximum absolute atomic E-state index is 10.1. The molecule has 0 fully saturated rings. The van der Waals surface area contributed by atoms with Gasteiger partial charge in [0.05, 0.1) is 5.56 Å². The Bertz CT molecular complexity index is 223. The number of hydrogen-bond acceptors (Lipinski definition) is 3. The fourth-order valence-electron chi connectivity index (χ4n) is 0.587. The highest BCUT2D eigenvalue weighted by atomic mass is 32.1. The van der Waals surface area contributed by atoms with Gasteiger partial charge in [0.15, 0.2) is 6.29 Å². The van der Waals surface area contributed by atoms with Crippen LogP contribution in [0.5, 0.6) is 5.75 Å². The van der Waals surface area contributed by atoms with Crippen molar-refractivity contribution in [3.05, 3.63) is 29.8 Å². The molecule has 11 heavy (non-hydrogen) atoms. The van der Waals surface area contributed by atoms with Crippen molar-refractivity contribution in [3.63, 3.8) is 0 Å². The summed E-state index contributed by atoms with van der Waals surface area (Å²) in [7, 11) is 0. The van der Waals surface area contributed by atoms with Crippen LogP contribution in [-0.4, -0.2) is 17.6 Å². The maximum Gasteiger partial charge on any atom is 0.153 e. The summed E-state index contributed by atoms with van der Waals surface area (Å²) in [4.78, 5) is 10.1. The number of thiol groups is 1. The summed E-state index contributed by atoms with van der Waals surface area (Å²) >= 11 is 3.53. The fourth-order valence-corrected chi connectivity index (χ4v) is 0.587. The lowest BCUT2D eigenvalue weighted by molar-refractivity contribution is 0.112. The van der Waals surface area contributed by atoms with Crippen LogP contribution in [0.4, 0.5) is 0 Å². The molecule has 0 saturated carbocycles. The number of phenols is 1. The lowest BCUT2D eigenvalue weighted by Gasteiger charge is -1.91. The molecule has 0 amide bonds. The molecule has 0 aliphatic carbocycles. The number of benzene rings is 1. The van der Waals surface area contributed by atoms with Crippen LogP contribution >= 0.6 is 12.6 Å². The van der Waals surface area contributed by atoms with Gasteiger partial charge in [-0.3, -0.25) is 4.79 Å². The molecule has 0 unspecified atom stereocenters. The highest BCUT2D eigenvalue weighted by Crippen LogP contribution is 2.11. The van der Waals surface area contributed by atoms with Crippen molar-refractivity contribution in [1.29, 1.82) is 0 Å². The van der Waals surface area contributed by atoms with E-state index in [1.807, 2.05) is 0 Å². The Hall–Kier alpha value is -0.960. The molecule has 60 valence electrons. The van der Waals surface area contributed by atoms with Crippen molar-refractivity contribution in [2.75, 3.05) is 6.26 Å². The van der Waals surface area contributed by atoms with Gasteiger partial charge in [-0.2, -0.15) is 12.6 Å². The first-order valence-corrected chi connectivity index (χ1v) is 3.92. The summed E-state index contributed by atoms with van der Waals surface area (Å²) in [5, 5.41) is 8.88. The van der Waals surface area contributed by atoms with E-state index in [1.54, 1.807) is 24.5 Å². The van der Waals surface area contributed by atoms with Crippen LogP contribution in [-0.2, 0) is 0 Å². The molecule has 3 heteroatoms. The Balaban J connectivity index is 0.000000461. The van der Waals surface area contributed by atoms with E-state index in [1.165, 1.54) is 6.07 Å². The molecule has 2 nitrogen and oxygen atoms in total. The number of para-hydroxylation sites is 1. The van der Waals surface area contributed by atoms with E-state index in [-0.39, 0.29) is 5.75 Å². The Kier molecular flexibility index (Phi) is 5.29. The smallest absolute Gasteiger partial charge is 0.153 e. The maximum atomic E-state index is 10.1. The topological polar surface area (TPSA) is 37.3 Å². The van der Waals surface area contributed by atoms with Crippen LogP contribution in [0.2, 0.25) is 0 Å². The van der Waals surface area contributed by atoms with Crippen LogP contribution in [0.3, 0.4) is 0 Å². The van der Waals surface area contributed by atoms with Crippen LogP contribution in [0, 0.1) is 0 Å². The summed E-state index contributed by atoms with van der Waals surface area (Å²) in [6.07, 6.45) is 2.31. The van der Waals surface area contributed by atoms with Gasteiger partial charge in [-0.25, -0.2) is 0 Å². The third-order valence-corrected chi connectivity index (χ3v) is 1.06. The molecule has 1 N–H and O–H groups in total. The van der Waals surface area contributed by atoms with Crippen LogP contribution in [0.25, 0.3) is 0 Å². The molecular weight excluding hydrogens is 160 g/mol. The molecule has 0 atom stereocenters. The Labute approximate surface area is 71.3 Å². The van der Waals surface area contributed by atoms with Crippen molar-refractivity contribution in [2.45, 2.75) is 0 Å². The largest absolute Gasteiger partial charge is 0.507 e. The minimum Gasteiger partial charge on any atom is -0.507 e. The quantitative estimate of drug-likeness (QED) is 0.497. The second-order valence-electron chi connectivity index (χ2n) is 1.68. The Morgan fingerprint density at radius 2 is 1.91 bits per heavy atom. The van der Waals surface area contributed by atoms with E-state index in [2.05, 4.69) is 12.6 Å². The lowest BCUT2D eigenvalue weighted by Crippen LogP contribution is -1.77. The van der Waals surface area contributed by atoms with Gasteiger partial charge in [0, 0.05) is 0 Å². The van der Waals surface area contributed by atoms with Gasteiger partial charge in [-0.05, 0) is 18.4 Å². The third-order valence-electron chi connectivity index (χ3n) is 1.06. The molecule has 0 aliphatic rings. The second-order valence-corrected chi connectivity index (χ2v) is 1.68. The molecular formula is C8H10O2S. The Morgan fingerprint density at radius 1 is 1.36 bits per heavy atom. The number of aldehydes is 1. The van der Waals surface area contributed by atoms with Gasteiger partial charge >= 0.3 is 0 Å². The van der Waals surface area contributed by atoms with E-state index in [9.17, 15) is 4.79 Å². The van der Waals surface area contributed by atoms with Crippen LogP contribution < -0.4 is 0 Å². The molecule has 0 heterocycles. The first-order valence-electron chi connectivity index (χ1n) is 3.02. The minimum absolute atomic E-state index is 0.0347. The number of hydrogen-bond donors (Lipinski definition) is 2. The van der Waals surface area contributed by atoms with Gasteiger partial charge < -0.3 is 5.11 Å². The zero-order chi connectivity index (χ0) is 8.69. The average molecular weight is 170 g/mol. The van der Waals surface area contributed by atoms with E-state index >= 15 is 0 Å². The molecule has 1 aromatic rings. The van der Waals surface area contributed by atoms with Crippen LogP contribution in [0.1, 0.15) is 10.4 Å². The molecule has 0 saturated heterocycles. The van der Waals surface area contributed by atoms with E-state index in [0.29, 0.717) is 11.8 Å². The summed E-state index contributed by atoms with van der Waals surface area (Å²) in [6.45, 7) is 0. The summed E-state index contributed by atoms with van der Waals surface area (Å²) in [5.41, 5.74) is 0.331.